The van der Waals surface area contributed by atoms with Crippen LogP contribution in [0, 0.1) is 5.92 Å². The minimum absolute atomic E-state index is 0.0563. The van der Waals surface area contributed by atoms with Crippen molar-refractivity contribution in [3.63, 3.8) is 0 Å². The van der Waals surface area contributed by atoms with Crippen molar-refractivity contribution in [1.29, 1.82) is 0 Å². The summed E-state index contributed by atoms with van der Waals surface area (Å²) < 4.78 is 23.6. The molecule has 1 aliphatic carbocycles. The number of hydrogen-bond donors (Lipinski definition) is 8. The normalized spacial score (nSPS) is 52.1. The van der Waals surface area contributed by atoms with E-state index >= 15 is 0 Å². The Balaban J connectivity index is 1.68. The lowest BCUT2D eigenvalue weighted by Crippen LogP contribution is -2.67. The second-order valence-corrected chi connectivity index (χ2v) is 10.2. The third-order valence-electron chi connectivity index (χ3n) is 7.35. The molecule has 0 aromatic carbocycles. The number of aliphatic hydroxyl groups is 3. The second kappa shape index (κ2) is 10.2. The van der Waals surface area contributed by atoms with Crippen LogP contribution in [0.4, 0.5) is 0 Å². The molecule has 13 atom stereocenters. The van der Waals surface area contributed by atoms with Crippen molar-refractivity contribution in [3.8, 4) is 0 Å². The van der Waals surface area contributed by atoms with Gasteiger partial charge < -0.3 is 62.1 Å². The van der Waals surface area contributed by atoms with Crippen molar-refractivity contribution in [2.45, 2.75) is 106 Å². The van der Waals surface area contributed by atoms with Gasteiger partial charge in [0.05, 0.1) is 24.8 Å². The maximum absolute atomic E-state index is 11.0. The molecular weight excluding hydrogens is 434 g/mol. The molecule has 0 aromatic heterocycles. The first kappa shape index (κ1) is 27.1. The number of likely N-dealkylation sites (N-methyl/N-ethyl adjacent to an activating group) is 2. The van der Waals surface area contributed by atoms with Crippen molar-refractivity contribution >= 4 is 0 Å². The lowest BCUT2D eigenvalue weighted by Gasteiger charge is -2.46. The van der Waals surface area contributed by atoms with E-state index < -0.39 is 60.3 Å². The minimum atomic E-state index is -1.64. The van der Waals surface area contributed by atoms with Crippen LogP contribution < -0.4 is 27.8 Å². The molecule has 0 aromatic rings. The molecule has 3 aliphatic rings. The molecule has 12 heteroatoms. The quantitative estimate of drug-likeness (QED) is 0.172. The summed E-state index contributed by atoms with van der Waals surface area (Å²) in [5.74, 6) is 0.226. The van der Waals surface area contributed by atoms with Gasteiger partial charge in [-0.15, -0.1) is 0 Å². The molecule has 11 N–H and O–H groups in total. The van der Waals surface area contributed by atoms with Gasteiger partial charge in [-0.1, -0.05) is 6.92 Å². The first-order valence-electron chi connectivity index (χ1n) is 11.7. The Labute approximate surface area is 195 Å². The zero-order valence-electron chi connectivity index (χ0n) is 20.2. The fourth-order valence-corrected chi connectivity index (χ4v) is 5.30. The van der Waals surface area contributed by atoms with Crippen molar-refractivity contribution < 1.29 is 34.3 Å². The molecule has 13 unspecified atom stereocenters. The van der Waals surface area contributed by atoms with Gasteiger partial charge in [-0.25, -0.2) is 0 Å². The average molecular weight is 478 g/mol. The minimum Gasteiger partial charge on any atom is -0.386 e. The third kappa shape index (κ3) is 5.37. The standard InChI is InChI=1S/C21H43N5O7/c1-9-6-11(22)18(31-14(9)10(2)25-4)32-15-12(23)7-21(24,17(15)28)33-19-13(27)16(26-5)20(3,29)8-30-19/h9-19,25-29H,6-8,22-24H2,1-5H3. The molecule has 2 heterocycles. The van der Waals surface area contributed by atoms with Crippen LogP contribution in [0.15, 0.2) is 0 Å². The molecule has 1 saturated carbocycles. The van der Waals surface area contributed by atoms with Crippen molar-refractivity contribution in [1.82, 2.24) is 10.6 Å². The molecule has 0 amide bonds. The summed E-state index contributed by atoms with van der Waals surface area (Å²) in [6, 6.07) is -1.69. The van der Waals surface area contributed by atoms with Gasteiger partial charge in [-0.05, 0) is 40.3 Å². The highest BCUT2D eigenvalue weighted by Crippen LogP contribution is 2.37. The summed E-state index contributed by atoms with van der Waals surface area (Å²) >= 11 is 0. The molecule has 2 saturated heterocycles. The smallest absolute Gasteiger partial charge is 0.187 e. The number of nitrogens with two attached hydrogens (primary N) is 3. The average Bonchev–Trinajstić information content (AvgIpc) is 2.94. The van der Waals surface area contributed by atoms with Gasteiger partial charge in [0.2, 0.25) is 0 Å². The lowest BCUT2D eigenvalue weighted by molar-refractivity contribution is -0.314. The van der Waals surface area contributed by atoms with Gasteiger partial charge in [-0.2, -0.15) is 0 Å². The van der Waals surface area contributed by atoms with E-state index in [1.807, 2.05) is 14.0 Å². The van der Waals surface area contributed by atoms with Gasteiger partial charge in [-0.3, -0.25) is 0 Å². The Bertz CT molecular complexity index is 660. The summed E-state index contributed by atoms with van der Waals surface area (Å²) in [5.41, 5.74) is 16.0. The Morgan fingerprint density at radius 2 is 1.82 bits per heavy atom. The fourth-order valence-electron chi connectivity index (χ4n) is 5.30. The number of nitrogens with one attached hydrogen (secondary N) is 2. The number of rotatable bonds is 7. The third-order valence-corrected chi connectivity index (χ3v) is 7.35. The molecule has 3 rings (SSSR count). The topological polar surface area (TPSA) is 200 Å². The van der Waals surface area contributed by atoms with Gasteiger partial charge >= 0.3 is 0 Å². The van der Waals surface area contributed by atoms with Crippen LogP contribution in [0.5, 0.6) is 0 Å². The zero-order chi connectivity index (χ0) is 24.7. The van der Waals surface area contributed by atoms with E-state index in [0.29, 0.717) is 6.42 Å². The van der Waals surface area contributed by atoms with E-state index in [2.05, 4.69) is 17.6 Å². The number of ether oxygens (including phenoxy) is 4. The highest BCUT2D eigenvalue weighted by molar-refractivity contribution is 5.06. The zero-order valence-corrected chi connectivity index (χ0v) is 20.2. The van der Waals surface area contributed by atoms with Crippen LogP contribution in [-0.4, -0.2) is 109 Å². The molecule has 2 aliphatic heterocycles. The molecule has 0 bridgehead atoms. The predicted octanol–water partition coefficient (Wildman–Crippen LogP) is -3.12. The van der Waals surface area contributed by atoms with E-state index in [9.17, 15) is 15.3 Å². The van der Waals surface area contributed by atoms with Gasteiger partial charge in [0.1, 0.15) is 29.6 Å². The molecule has 194 valence electrons. The molecular formula is C21H43N5O7. The first-order chi connectivity index (χ1) is 15.3. The maximum Gasteiger partial charge on any atom is 0.187 e. The first-order valence-corrected chi connectivity index (χ1v) is 11.7. The van der Waals surface area contributed by atoms with E-state index in [1.165, 1.54) is 0 Å². The largest absolute Gasteiger partial charge is 0.386 e. The van der Waals surface area contributed by atoms with Crippen LogP contribution >= 0.6 is 0 Å². The lowest BCUT2D eigenvalue weighted by atomic mass is 9.89. The van der Waals surface area contributed by atoms with E-state index in [4.69, 9.17) is 36.1 Å². The van der Waals surface area contributed by atoms with E-state index in [-0.39, 0.29) is 31.1 Å². The van der Waals surface area contributed by atoms with Crippen LogP contribution in [0.2, 0.25) is 0 Å². The highest BCUT2D eigenvalue weighted by Gasteiger charge is 2.56. The molecule has 3 fully saturated rings. The Hall–Kier alpha value is -0.480. The van der Waals surface area contributed by atoms with Crippen LogP contribution in [0.25, 0.3) is 0 Å². The Morgan fingerprint density at radius 3 is 2.42 bits per heavy atom. The van der Waals surface area contributed by atoms with Crippen LogP contribution in [-0.2, 0) is 18.9 Å². The van der Waals surface area contributed by atoms with E-state index in [0.717, 1.165) is 0 Å². The fraction of sp³-hybridized carbons (Fsp3) is 1.00. The molecule has 0 radical (unpaired) electrons. The second-order valence-electron chi connectivity index (χ2n) is 10.2. The van der Waals surface area contributed by atoms with Gasteiger partial charge in [0.15, 0.2) is 12.6 Å². The van der Waals surface area contributed by atoms with Crippen molar-refractivity contribution in [3.05, 3.63) is 0 Å². The highest BCUT2D eigenvalue weighted by atomic mass is 16.7. The van der Waals surface area contributed by atoms with Gasteiger partial charge in [0, 0.05) is 18.5 Å². The maximum atomic E-state index is 11.0. The van der Waals surface area contributed by atoms with E-state index in [1.54, 1.807) is 14.0 Å². The van der Waals surface area contributed by atoms with Crippen molar-refractivity contribution in [2.24, 2.45) is 23.1 Å². The molecule has 33 heavy (non-hydrogen) atoms. The van der Waals surface area contributed by atoms with Crippen LogP contribution in [0.1, 0.15) is 33.6 Å². The molecule has 0 spiro atoms. The monoisotopic (exact) mass is 477 g/mol. The molecule has 12 nitrogen and oxygen atoms in total. The summed E-state index contributed by atoms with van der Waals surface area (Å²) in [5, 5.41) is 38.2. The summed E-state index contributed by atoms with van der Waals surface area (Å²) in [7, 11) is 3.48. The summed E-state index contributed by atoms with van der Waals surface area (Å²) in [4.78, 5) is 0. The Morgan fingerprint density at radius 1 is 1.15 bits per heavy atom. The predicted molar refractivity (Wildman–Crippen MR) is 120 cm³/mol. The SMILES string of the molecule is CNC(C)C1OC(OC2C(N)CC(N)(OC3OCC(C)(O)C(NC)C3O)C2O)C(N)CC1C. The summed E-state index contributed by atoms with van der Waals surface area (Å²) in [6.45, 7) is 5.56. The number of aliphatic hydroxyl groups excluding tert-OH is 2. The van der Waals surface area contributed by atoms with Crippen molar-refractivity contribution in [2.75, 3.05) is 20.7 Å². The van der Waals surface area contributed by atoms with Crippen LogP contribution in [0.3, 0.4) is 0 Å². The summed E-state index contributed by atoms with van der Waals surface area (Å²) in [6.07, 6.45) is -4.77. The van der Waals surface area contributed by atoms with Gasteiger partial charge in [0.25, 0.3) is 0 Å². The number of hydrogen-bond acceptors (Lipinski definition) is 12. The Kier molecular flexibility index (Phi) is 8.42.